The second kappa shape index (κ2) is 6.30. The molecule has 0 aliphatic carbocycles. The van der Waals surface area contributed by atoms with E-state index >= 15 is 0 Å². The van der Waals surface area contributed by atoms with Crippen LogP contribution in [0.4, 0.5) is 5.82 Å². The lowest BCUT2D eigenvalue weighted by molar-refractivity contribution is 0.0914. The molecule has 2 N–H and O–H groups in total. The summed E-state index contributed by atoms with van der Waals surface area (Å²) in [5, 5.41) is 5.95. The van der Waals surface area contributed by atoms with Crippen molar-refractivity contribution in [3.63, 3.8) is 0 Å². The van der Waals surface area contributed by atoms with Crippen molar-refractivity contribution < 1.29 is 4.79 Å². The summed E-state index contributed by atoms with van der Waals surface area (Å²) >= 11 is 0. The van der Waals surface area contributed by atoms with Gasteiger partial charge in [-0.3, -0.25) is 9.78 Å². The van der Waals surface area contributed by atoms with Gasteiger partial charge in [0, 0.05) is 11.7 Å². The molecule has 21 heavy (non-hydrogen) atoms. The molecule has 6 heteroatoms. The number of hydrogen-bond donors (Lipinski definition) is 2. The van der Waals surface area contributed by atoms with Crippen LogP contribution < -0.4 is 10.6 Å². The molecule has 0 aromatic carbocycles. The van der Waals surface area contributed by atoms with Crippen LogP contribution in [0.5, 0.6) is 0 Å². The number of hydrogen-bond acceptors (Lipinski definition) is 5. The summed E-state index contributed by atoms with van der Waals surface area (Å²) in [4.78, 5) is 24.4. The summed E-state index contributed by atoms with van der Waals surface area (Å²) in [6.07, 6.45) is 4.74. The Morgan fingerprint density at radius 1 is 1.14 bits per heavy atom. The van der Waals surface area contributed by atoms with Crippen LogP contribution >= 0.6 is 0 Å². The van der Waals surface area contributed by atoms with E-state index in [1.54, 1.807) is 12.4 Å². The van der Waals surface area contributed by atoms with E-state index in [1.165, 1.54) is 6.20 Å². The van der Waals surface area contributed by atoms with Crippen molar-refractivity contribution in [1.29, 1.82) is 0 Å². The largest absolute Gasteiger partial charge is 0.363 e. The average molecular weight is 285 g/mol. The number of nitrogens with zero attached hydrogens (tertiary/aromatic N) is 3. The number of carbonyl (C=O) groups is 1. The van der Waals surface area contributed by atoms with Crippen LogP contribution in [0.15, 0.2) is 36.8 Å². The molecule has 1 amide bonds. The van der Waals surface area contributed by atoms with Crippen LogP contribution in [0.25, 0.3) is 0 Å². The normalized spacial score (nSPS) is 11.0. The van der Waals surface area contributed by atoms with Gasteiger partial charge in [0.05, 0.1) is 24.6 Å². The van der Waals surface area contributed by atoms with Crippen molar-refractivity contribution >= 4 is 11.7 Å². The number of pyridine rings is 1. The maximum atomic E-state index is 11.9. The lowest BCUT2D eigenvalue weighted by Gasteiger charge is -2.19. The van der Waals surface area contributed by atoms with Crippen LogP contribution in [0.1, 0.15) is 37.0 Å². The maximum Gasteiger partial charge on any atom is 0.271 e. The molecular formula is C15H19N5O. The van der Waals surface area contributed by atoms with Gasteiger partial charge in [0.15, 0.2) is 0 Å². The second-order valence-electron chi connectivity index (χ2n) is 5.67. The molecule has 0 bridgehead atoms. The number of amides is 1. The van der Waals surface area contributed by atoms with Gasteiger partial charge in [-0.15, -0.1) is 0 Å². The third-order valence-corrected chi connectivity index (χ3v) is 2.55. The van der Waals surface area contributed by atoms with Gasteiger partial charge in [0.25, 0.3) is 5.91 Å². The Kier molecular flexibility index (Phi) is 4.47. The van der Waals surface area contributed by atoms with Gasteiger partial charge < -0.3 is 10.6 Å². The first kappa shape index (κ1) is 14.9. The molecule has 0 saturated heterocycles. The SMILES string of the molecule is CC(C)(C)NC(=O)c1cnc(NCc2ccccn2)cn1. The highest BCUT2D eigenvalue weighted by atomic mass is 16.2. The van der Waals surface area contributed by atoms with Crippen LogP contribution in [-0.2, 0) is 6.54 Å². The molecule has 0 aliphatic rings. The monoisotopic (exact) mass is 285 g/mol. The summed E-state index contributed by atoms with van der Waals surface area (Å²) in [7, 11) is 0. The zero-order valence-corrected chi connectivity index (χ0v) is 12.4. The minimum Gasteiger partial charge on any atom is -0.363 e. The highest BCUT2D eigenvalue weighted by molar-refractivity contribution is 5.92. The van der Waals surface area contributed by atoms with Gasteiger partial charge in [-0.2, -0.15) is 0 Å². The van der Waals surface area contributed by atoms with Crippen molar-refractivity contribution in [2.24, 2.45) is 0 Å². The molecule has 0 aliphatic heterocycles. The minimum atomic E-state index is -0.297. The fraction of sp³-hybridized carbons (Fsp3) is 0.333. The van der Waals surface area contributed by atoms with Gasteiger partial charge in [-0.05, 0) is 32.9 Å². The fourth-order valence-electron chi connectivity index (χ4n) is 1.63. The summed E-state index contributed by atoms with van der Waals surface area (Å²) < 4.78 is 0. The molecular weight excluding hydrogens is 266 g/mol. The fourth-order valence-corrected chi connectivity index (χ4v) is 1.63. The third-order valence-electron chi connectivity index (χ3n) is 2.55. The summed E-state index contributed by atoms with van der Waals surface area (Å²) in [6.45, 7) is 6.31. The molecule has 2 aromatic rings. The molecule has 0 atom stereocenters. The van der Waals surface area contributed by atoms with Crippen LogP contribution in [0.2, 0.25) is 0 Å². The third kappa shape index (κ3) is 4.83. The molecule has 6 nitrogen and oxygen atoms in total. The van der Waals surface area contributed by atoms with Crippen molar-refractivity contribution in [2.75, 3.05) is 5.32 Å². The van der Waals surface area contributed by atoms with Gasteiger partial charge in [0.2, 0.25) is 0 Å². The minimum absolute atomic E-state index is 0.230. The average Bonchev–Trinajstić information content (AvgIpc) is 2.45. The number of carbonyl (C=O) groups excluding carboxylic acids is 1. The van der Waals surface area contributed by atoms with E-state index in [0.29, 0.717) is 18.1 Å². The Balaban J connectivity index is 1.94. The topological polar surface area (TPSA) is 79.8 Å². The van der Waals surface area contributed by atoms with Crippen molar-refractivity contribution in [3.8, 4) is 0 Å². The Morgan fingerprint density at radius 2 is 1.95 bits per heavy atom. The lowest BCUT2D eigenvalue weighted by atomic mass is 10.1. The van der Waals surface area contributed by atoms with Crippen LogP contribution in [0, 0.1) is 0 Å². The standard InChI is InChI=1S/C15H19N5O/c1-15(2,3)20-14(21)12-9-19-13(10-17-12)18-8-11-6-4-5-7-16-11/h4-7,9-10H,8H2,1-3H3,(H,18,19)(H,20,21). The van der Waals surface area contributed by atoms with Gasteiger partial charge in [0.1, 0.15) is 11.5 Å². The van der Waals surface area contributed by atoms with E-state index in [-0.39, 0.29) is 11.4 Å². The van der Waals surface area contributed by atoms with Crippen molar-refractivity contribution in [1.82, 2.24) is 20.3 Å². The van der Waals surface area contributed by atoms with Crippen molar-refractivity contribution in [3.05, 3.63) is 48.2 Å². The maximum absolute atomic E-state index is 11.9. The molecule has 0 radical (unpaired) electrons. The molecule has 0 spiro atoms. The van der Waals surface area contributed by atoms with E-state index in [4.69, 9.17) is 0 Å². The van der Waals surface area contributed by atoms with Crippen LogP contribution in [-0.4, -0.2) is 26.4 Å². The predicted octanol–water partition coefficient (Wildman–Crippen LogP) is 2.01. The zero-order chi connectivity index (χ0) is 15.3. The molecule has 2 aromatic heterocycles. The smallest absolute Gasteiger partial charge is 0.271 e. The quantitative estimate of drug-likeness (QED) is 0.898. The Morgan fingerprint density at radius 3 is 2.52 bits per heavy atom. The van der Waals surface area contributed by atoms with Gasteiger partial charge in [-0.25, -0.2) is 9.97 Å². The highest BCUT2D eigenvalue weighted by Gasteiger charge is 2.16. The molecule has 110 valence electrons. The number of anilines is 1. The van der Waals surface area contributed by atoms with Gasteiger partial charge in [-0.1, -0.05) is 6.07 Å². The zero-order valence-electron chi connectivity index (χ0n) is 12.4. The number of rotatable bonds is 4. The van der Waals surface area contributed by atoms with Crippen molar-refractivity contribution in [2.45, 2.75) is 32.9 Å². The molecule has 2 heterocycles. The summed E-state index contributed by atoms with van der Waals surface area (Å²) in [6, 6.07) is 5.72. The summed E-state index contributed by atoms with van der Waals surface area (Å²) in [5.74, 6) is 0.374. The first-order valence-electron chi connectivity index (χ1n) is 6.72. The Labute approximate surface area is 124 Å². The lowest BCUT2D eigenvalue weighted by Crippen LogP contribution is -2.40. The first-order valence-corrected chi connectivity index (χ1v) is 6.72. The Bertz CT molecular complexity index is 590. The van der Waals surface area contributed by atoms with E-state index in [2.05, 4.69) is 25.6 Å². The van der Waals surface area contributed by atoms with E-state index in [0.717, 1.165) is 5.69 Å². The first-order chi connectivity index (χ1) is 9.94. The Hall–Kier alpha value is -2.50. The predicted molar refractivity (Wildman–Crippen MR) is 80.8 cm³/mol. The van der Waals surface area contributed by atoms with Crippen LogP contribution in [0.3, 0.4) is 0 Å². The molecule has 2 rings (SSSR count). The number of nitrogens with one attached hydrogen (secondary N) is 2. The summed E-state index contributed by atoms with van der Waals surface area (Å²) in [5.41, 5.74) is 0.913. The van der Waals surface area contributed by atoms with E-state index < -0.39 is 0 Å². The molecule has 0 saturated carbocycles. The van der Waals surface area contributed by atoms with E-state index in [9.17, 15) is 4.79 Å². The van der Waals surface area contributed by atoms with E-state index in [1.807, 2.05) is 39.0 Å². The second-order valence-corrected chi connectivity index (χ2v) is 5.67. The molecule has 0 fully saturated rings. The number of aromatic nitrogens is 3. The van der Waals surface area contributed by atoms with Gasteiger partial charge >= 0.3 is 0 Å². The molecule has 0 unspecified atom stereocenters. The highest BCUT2D eigenvalue weighted by Crippen LogP contribution is 2.05.